The molecule has 0 bridgehead atoms. The summed E-state index contributed by atoms with van der Waals surface area (Å²) in [5.74, 6) is -0.0780. The second-order valence-electron chi connectivity index (χ2n) is 4.61. The molecule has 3 nitrogen and oxygen atoms in total. The van der Waals surface area contributed by atoms with Gasteiger partial charge in [0.15, 0.2) is 0 Å². The fraction of sp³-hybridized carbons (Fsp3) is 0.200. The Kier molecular flexibility index (Phi) is 4.80. The average molecular weight is 329 g/mol. The highest BCUT2D eigenvalue weighted by Gasteiger charge is 2.15. The van der Waals surface area contributed by atoms with Crippen LogP contribution in [-0.2, 0) is 6.54 Å². The molecular formula is C15H15Cl2FN2O. The third-order valence-corrected chi connectivity index (χ3v) is 3.74. The first-order valence-corrected chi connectivity index (χ1v) is 6.96. The molecule has 2 aromatic rings. The number of nitrogen functional groups attached to an aromatic ring is 1. The maximum Gasteiger partial charge on any atom is 0.149 e. The third kappa shape index (κ3) is 3.34. The Morgan fingerprint density at radius 1 is 1.24 bits per heavy atom. The van der Waals surface area contributed by atoms with E-state index in [1.165, 1.54) is 13.2 Å². The molecule has 2 aromatic carbocycles. The monoisotopic (exact) mass is 328 g/mol. The summed E-state index contributed by atoms with van der Waals surface area (Å²) in [6.07, 6.45) is 0. The van der Waals surface area contributed by atoms with Gasteiger partial charge in [0.05, 0.1) is 28.5 Å². The number of hydrogen-bond donors (Lipinski definition) is 1. The van der Waals surface area contributed by atoms with Crippen LogP contribution in [0.25, 0.3) is 0 Å². The number of para-hydroxylation sites is 1. The SMILES string of the molecule is COc1cc(F)c(N)cc1CN(C)c1c(Cl)cccc1Cl. The van der Waals surface area contributed by atoms with Crippen molar-refractivity contribution in [2.75, 3.05) is 24.8 Å². The van der Waals surface area contributed by atoms with E-state index in [4.69, 9.17) is 33.7 Å². The van der Waals surface area contributed by atoms with Crippen LogP contribution in [0.5, 0.6) is 5.75 Å². The quantitative estimate of drug-likeness (QED) is 0.847. The number of benzene rings is 2. The Morgan fingerprint density at radius 2 is 1.86 bits per heavy atom. The van der Waals surface area contributed by atoms with Gasteiger partial charge in [0, 0.05) is 25.2 Å². The molecule has 0 aromatic heterocycles. The summed E-state index contributed by atoms with van der Waals surface area (Å²) in [6.45, 7) is 0.428. The topological polar surface area (TPSA) is 38.5 Å². The molecule has 0 atom stereocenters. The van der Waals surface area contributed by atoms with Crippen LogP contribution >= 0.6 is 23.2 Å². The fourth-order valence-electron chi connectivity index (χ4n) is 2.12. The van der Waals surface area contributed by atoms with Gasteiger partial charge in [-0.2, -0.15) is 0 Å². The number of ether oxygens (including phenoxy) is 1. The number of anilines is 2. The largest absolute Gasteiger partial charge is 0.496 e. The van der Waals surface area contributed by atoms with Gasteiger partial charge in [-0.3, -0.25) is 0 Å². The van der Waals surface area contributed by atoms with Crippen molar-refractivity contribution in [3.05, 3.63) is 51.8 Å². The minimum absolute atomic E-state index is 0.0736. The first-order chi connectivity index (χ1) is 9.93. The minimum Gasteiger partial charge on any atom is -0.496 e. The number of halogens is 3. The first-order valence-electron chi connectivity index (χ1n) is 6.21. The van der Waals surface area contributed by atoms with Crippen LogP contribution in [0.15, 0.2) is 30.3 Å². The highest BCUT2D eigenvalue weighted by Crippen LogP contribution is 2.35. The average Bonchev–Trinajstić information content (AvgIpc) is 2.42. The van der Waals surface area contributed by atoms with Crippen LogP contribution in [0.4, 0.5) is 15.8 Å². The molecule has 0 heterocycles. The van der Waals surface area contributed by atoms with E-state index in [0.29, 0.717) is 28.0 Å². The molecule has 0 fully saturated rings. The summed E-state index contributed by atoms with van der Waals surface area (Å²) >= 11 is 12.4. The predicted molar refractivity (Wildman–Crippen MR) is 85.9 cm³/mol. The van der Waals surface area contributed by atoms with Gasteiger partial charge in [-0.25, -0.2) is 4.39 Å². The highest BCUT2D eigenvalue weighted by molar-refractivity contribution is 6.39. The molecule has 0 aliphatic rings. The fourth-order valence-corrected chi connectivity index (χ4v) is 2.81. The van der Waals surface area contributed by atoms with E-state index < -0.39 is 5.82 Å². The van der Waals surface area contributed by atoms with E-state index in [-0.39, 0.29) is 5.69 Å². The van der Waals surface area contributed by atoms with Gasteiger partial charge in [-0.05, 0) is 18.2 Å². The lowest BCUT2D eigenvalue weighted by Crippen LogP contribution is -2.18. The molecule has 112 valence electrons. The highest BCUT2D eigenvalue weighted by atomic mass is 35.5. The Morgan fingerprint density at radius 3 is 2.43 bits per heavy atom. The molecule has 0 spiro atoms. The van der Waals surface area contributed by atoms with Crippen molar-refractivity contribution < 1.29 is 9.13 Å². The summed E-state index contributed by atoms with van der Waals surface area (Å²) in [4.78, 5) is 1.86. The molecule has 21 heavy (non-hydrogen) atoms. The number of nitrogens with two attached hydrogens (primary N) is 1. The van der Waals surface area contributed by atoms with E-state index in [1.54, 1.807) is 24.3 Å². The van der Waals surface area contributed by atoms with E-state index in [2.05, 4.69) is 0 Å². The van der Waals surface area contributed by atoms with E-state index in [0.717, 1.165) is 5.56 Å². The molecule has 0 aliphatic carbocycles. The van der Waals surface area contributed by atoms with Gasteiger partial charge in [-0.15, -0.1) is 0 Å². The molecule has 0 saturated heterocycles. The van der Waals surface area contributed by atoms with Crippen LogP contribution in [-0.4, -0.2) is 14.2 Å². The number of hydrogen-bond acceptors (Lipinski definition) is 3. The minimum atomic E-state index is -0.506. The van der Waals surface area contributed by atoms with Crippen molar-refractivity contribution in [3.63, 3.8) is 0 Å². The smallest absolute Gasteiger partial charge is 0.149 e. The van der Waals surface area contributed by atoms with Crippen LogP contribution in [0.1, 0.15) is 5.56 Å². The third-order valence-electron chi connectivity index (χ3n) is 3.13. The van der Waals surface area contributed by atoms with Gasteiger partial charge in [0.2, 0.25) is 0 Å². The predicted octanol–water partition coefficient (Wildman–Crippen LogP) is 4.36. The maximum absolute atomic E-state index is 13.5. The Balaban J connectivity index is 2.36. The summed E-state index contributed by atoms with van der Waals surface area (Å²) in [7, 11) is 3.32. The van der Waals surface area contributed by atoms with Crippen LogP contribution in [0, 0.1) is 5.82 Å². The summed E-state index contributed by atoms with van der Waals surface area (Å²) in [6, 6.07) is 8.12. The van der Waals surface area contributed by atoms with Crippen LogP contribution in [0.2, 0.25) is 10.0 Å². The zero-order valence-corrected chi connectivity index (χ0v) is 13.2. The van der Waals surface area contributed by atoms with Crippen molar-refractivity contribution in [2.24, 2.45) is 0 Å². The van der Waals surface area contributed by atoms with E-state index >= 15 is 0 Å². The summed E-state index contributed by atoms with van der Waals surface area (Å²) < 4.78 is 18.7. The molecule has 0 aliphatic heterocycles. The second-order valence-corrected chi connectivity index (χ2v) is 5.43. The Hall–Kier alpha value is -1.65. The van der Waals surface area contributed by atoms with Crippen LogP contribution < -0.4 is 15.4 Å². The molecule has 0 saturated carbocycles. The second kappa shape index (κ2) is 6.41. The zero-order chi connectivity index (χ0) is 15.6. The summed E-state index contributed by atoms with van der Waals surface area (Å²) in [5.41, 5.74) is 7.14. The van der Waals surface area contributed by atoms with Gasteiger partial charge in [0.25, 0.3) is 0 Å². The molecule has 0 radical (unpaired) electrons. The molecule has 6 heteroatoms. The van der Waals surface area contributed by atoms with Crippen molar-refractivity contribution in [1.29, 1.82) is 0 Å². The van der Waals surface area contributed by atoms with Crippen molar-refractivity contribution in [3.8, 4) is 5.75 Å². The maximum atomic E-state index is 13.5. The lowest BCUT2D eigenvalue weighted by molar-refractivity contribution is 0.406. The molecular weight excluding hydrogens is 314 g/mol. The molecule has 2 rings (SSSR count). The van der Waals surface area contributed by atoms with Gasteiger partial charge in [0.1, 0.15) is 11.6 Å². The van der Waals surface area contributed by atoms with Crippen molar-refractivity contribution >= 4 is 34.6 Å². The number of nitrogens with zero attached hydrogens (tertiary/aromatic N) is 1. The van der Waals surface area contributed by atoms with E-state index in [1.807, 2.05) is 11.9 Å². The first kappa shape index (κ1) is 15.7. The zero-order valence-electron chi connectivity index (χ0n) is 11.7. The summed E-state index contributed by atoms with van der Waals surface area (Å²) in [5, 5.41) is 1.08. The Bertz CT molecular complexity index is 644. The molecule has 2 N–H and O–H groups in total. The van der Waals surface area contributed by atoms with Crippen molar-refractivity contribution in [1.82, 2.24) is 0 Å². The lowest BCUT2D eigenvalue weighted by atomic mass is 10.1. The molecule has 0 amide bonds. The van der Waals surface area contributed by atoms with Gasteiger partial charge >= 0.3 is 0 Å². The number of rotatable bonds is 4. The number of methoxy groups -OCH3 is 1. The standard InChI is InChI=1S/C15H15Cl2FN2O/c1-20(15-10(16)4-3-5-11(15)17)8-9-6-13(19)12(18)7-14(9)21-2/h3-7H,8,19H2,1-2H3. The van der Waals surface area contributed by atoms with Gasteiger partial charge in [-0.1, -0.05) is 29.3 Å². The van der Waals surface area contributed by atoms with Crippen LogP contribution in [0.3, 0.4) is 0 Å². The normalized spacial score (nSPS) is 10.5. The molecule has 0 unspecified atom stereocenters. The van der Waals surface area contributed by atoms with Crippen molar-refractivity contribution in [2.45, 2.75) is 6.54 Å². The van der Waals surface area contributed by atoms with Gasteiger partial charge < -0.3 is 15.4 Å². The lowest BCUT2D eigenvalue weighted by Gasteiger charge is -2.23. The van der Waals surface area contributed by atoms with E-state index in [9.17, 15) is 4.39 Å². The Labute approximate surface area is 133 Å².